The predicted molar refractivity (Wildman–Crippen MR) is 203 cm³/mol. The zero-order valence-corrected chi connectivity index (χ0v) is 26.5. The van der Waals surface area contributed by atoms with Crippen LogP contribution in [-0.4, -0.2) is 19.5 Å². The van der Waals surface area contributed by atoms with E-state index in [1.165, 1.54) is 54.1 Å². The lowest BCUT2D eigenvalue weighted by Gasteiger charge is -2.14. The van der Waals surface area contributed by atoms with Crippen LogP contribution in [0.15, 0.2) is 170 Å². The Bertz CT molecular complexity index is 2800. The molecule has 4 heteroatoms. The number of hydrogen-bond donors (Lipinski definition) is 0. The van der Waals surface area contributed by atoms with Crippen molar-refractivity contribution in [1.29, 1.82) is 0 Å². The average Bonchev–Trinajstić information content (AvgIpc) is 3.54. The monoisotopic (exact) mass is 624 g/mol. The Hall–Kier alpha value is -6.65. The highest BCUT2D eigenvalue weighted by molar-refractivity contribution is 6.36. The second-order valence-electron chi connectivity index (χ2n) is 12.4. The zero-order chi connectivity index (χ0) is 32.3. The number of aromatic nitrogens is 4. The Kier molecular flexibility index (Phi) is 6.15. The molecule has 0 aliphatic rings. The minimum Gasteiger partial charge on any atom is -0.309 e. The summed E-state index contributed by atoms with van der Waals surface area (Å²) in [7, 11) is 0. The third-order valence-electron chi connectivity index (χ3n) is 9.61. The van der Waals surface area contributed by atoms with Crippen molar-refractivity contribution in [3.05, 3.63) is 170 Å². The van der Waals surface area contributed by atoms with Crippen LogP contribution < -0.4 is 0 Å². The fraction of sp³-hybridized carbons (Fsp3) is 0. The van der Waals surface area contributed by atoms with Gasteiger partial charge in [0.1, 0.15) is 0 Å². The number of hydrogen-bond acceptors (Lipinski definition) is 3. The average molecular weight is 625 g/mol. The summed E-state index contributed by atoms with van der Waals surface area (Å²) in [6.07, 6.45) is 0. The molecule has 49 heavy (non-hydrogen) atoms. The number of fused-ring (bicyclic) bond motifs is 10. The van der Waals surface area contributed by atoms with Crippen LogP contribution in [0.1, 0.15) is 0 Å². The van der Waals surface area contributed by atoms with E-state index in [-0.39, 0.29) is 0 Å². The SMILES string of the molecule is c1ccc(-c2nc(-c3ccccc3)nc(-c3ccc(-n4c5ccccc5c5c6c7ccccc7ccc6c6ccccc6c54)cc3)n2)cc1. The van der Waals surface area contributed by atoms with Crippen molar-refractivity contribution in [2.24, 2.45) is 0 Å². The van der Waals surface area contributed by atoms with E-state index in [2.05, 4.69) is 114 Å². The lowest BCUT2D eigenvalue weighted by atomic mass is 9.93. The highest BCUT2D eigenvalue weighted by atomic mass is 15.0. The predicted octanol–water partition coefficient (Wildman–Crippen LogP) is 11.4. The fourth-order valence-electron chi connectivity index (χ4n) is 7.40. The third kappa shape index (κ3) is 4.35. The molecule has 10 aromatic rings. The van der Waals surface area contributed by atoms with Gasteiger partial charge in [0.2, 0.25) is 0 Å². The molecule has 0 unspecified atom stereocenters. The van der Waals surface area contributed by atoms with E-state index in [0.717, 1.165) is 22.4 Å². The topological polar surface area (TPSA) is 43.6 Å². The maximum absolute atomic E-state index is 4.97. The molecule has 0 spiro atoms. The van der Waals surface area contributed by atoms with Crippen LogP contribution in [0.2, 0.25) is 0 Å². The Morgan fingerprint density at radius 2 is 0.837 bits per heavy atom. The van der Waals surface area contributed by atoms with Crippen LogP contribution in [0.4, 0.5) is 0 Å². The second-order valence-corrected chi connectivity index (χ2v) is 12.4. The van der Waals surface area contributed by atoms with Gasteiger partial charge in [-0.05, 0) is 51.9 Å². The summed E-state index contributed by atoms with van der Waals surface area (Å²) in [5, 5.41) is 10.1. The van der Waals surface area contributed by atoms with Gasteiger partial charge in [0, 0.05) is 43.9 Å². The van der Waals surface area contributed by atoms with Gasteiger partial charge in [-0.2, -0.15) is 0 Å². The second kappa shape index (κ2) is 11.0. The standard InChI is InChI=1S/C45H28N4/c1-3-14-30(15-4-1)43-46-44(31-16-5-2-6-17-31)48-45(47-43)32-23-26-33(27-24-32)49-39-22-12-11-21-38(39)41-40-34-18-8-7-13-29(34)25-28-36(40)35-19-9-10-20-37(35)42(41)49/h1-28H. The molecule has 2 heterocycles. The summed E-state index contributed by atoms with van der Waals surface area (Å²) in [5.74, 6) is 1.95. The Balaban J connectivity index is 1.22. The molecule has 0 saturated heterocycles. The maximum atomic E-state index is 4.97. The summed E-state index contributed by atoms with van der Waals surface area (Å²) < 4.78 is 2.43. The van der Waals surface area contributed by atoms with E-state index < -0.39 is 0 Å². The van der Waals surface area contributed by atoms with Crippen molar-refractivity contribution in [2.75, 3.05) is 0 Å². The van der Waals surface area contributed by atoms with E-state index in [0.29, 0.717) is 17.5 Å². The van der Waals surface area contributed by atoms with Gasteiger partial charge in [-0.25, -0.2) is 15.0 Å². The quantitative estimate of drug-likeness (QED) is 0.183. The van der Waals surface area contributed by atoms with Crippen LogP contribution in [0.3, 0.4) is 0 Å². The highest BCUT2D eigenvalue weighted by Crippen LogP contribution is 2.44. The molecule has 2 aromatic heterocycles. The van der Waals surface area contributed by atoms with Crippen LogP contribution >= 0.6 is 0 Å². The molecule has 0 amide bonds. The molecular weight excluding hydrogens is 597 g/mol. The Morgan fingerprint density at radius 3 is 1.49 bits per heavy atom. The van der Waals surface area contributed by atoms with Gasteiger partial charge in [-0.3, -0.25) is 0 Å². The number of para-hydroxylation sites is 1. The van der Waals surface area contributed by atoms with Crippen molar-refractivity contribution >= 4 is 54.1 Å². The Labute approximate surface area is 282 Å². The molecule has 0 aliphatic heterocycles. The smallest absolute Gasteiger partial charge is 0.164 e. The van der Waals surface area contributed by atoms with Crippen molar-refractivity contribution in [3.8, 4) is 39.9 Å². The van der Waals surface area contributed by atoms with Crippen LogP contribution in [0.25, 0.3) is 94.0 Å². The van der Waals surface area contributed by atoms with Crippen LogP contribution in [0.5, 0.6) is 0 Å². The fourth-order valence-corrected chi connectivity index (χ4v) is 7.40. The molecule has 0 atom stereocenters. The molecule has 0 bridgehead atoms. The molecule has 8 aromatic carbocycles. The first-order valence-corrected chi connectivity index (χ1v) is 16.5. The van der Waals surface area contributed by atoms with Gasteiger partial charge in [0.05, 0.1) is 11.0 Å². The summed E-state index contributed by atoms with van der Waals surface area (Å²) in [4.78, 5) is 14.8. The van der Waals surface area contributed by atoms with Gasteiger partial charge >= 0.3 is 0 Å². The first-order chi connectivity index (χ1) is 24.3. The van der Waals surface area contributed by atoms with E-state index in [1.807, 2.05) is 60.7 Å². The van der Waals surface area contributed by atoms with Crippen molar-refractivity contribution in [2.45, 2.75) is 0 Å². The number of benzene rings is 8. The molecule has 0 radical (unpaired) electrons. The zero-order valence-electron chi connectivity index (χ0n) is 26.5. The van der Waals surface area contributed by atoms with Crippen molar-refractivity contribution in [3.63, 3.8) is 0 Å². The molecular formula is C45H28N4. The molecule has 10 rings (SSSR count). The van der Waals surface area contributed by atoms with E-state index in [9.17, 15) is 0 Å². The molecule has 0 N–H and O–H groups in total. The van der Waals surface area contributed by atoms with Gasteiger partial charge in [0.25, 0.3) is 0 Å². The minimum atomic E-state index is 0.643. The first-order valence-electron chi connectivity index (χ1n) is 16.5. The highest BCUT2D eigenvalue weighted by Gasteiger charge is 2.20. The maximum Gasteiger partial charge on any atom is 0.164 e. The van der Waals surface area contributed by atoms with E-state index >= 15 is 0 Å². The Morgan fingerprint density at radius 1 is 0.327 bits per heavy atom. The normalized spacial score (nSPS) is 11.7. The molecule has 0 saturated carbocycles. The summed E-state index contributed by atoms with van der Waals surface area (Å²) in [5.41, 5.74) is 6.32. The van der Waals surface area contributed by atoms with Crippen LogP contribution in [0, 0.1) is 0 Å². The van der Waals surface area contributed by atoms with Gasteiger partial charge in [-0.15, -0.1) is 0 Å². The van der Waals surface area contributed by atoms with Crippen molar-refractivity contribution < 1.29 is 0 Å². The van der Waals surface area contributed by atoms with Gasteiger partial charge in [0.15, 0.2) is 17.5 Å². The molecule has 228 valence electrons. The number of nitrogens with zero attached hydrogens (tertiary/aromatic N) is 4. The van der Waals surface area contributed by atoms with Gasteiger partial charge in [-0.1, -0.05) is 140 Å². The van der Waals surface area contributed by atoms with Gasteiger partial charge < -0.3 is 4.57 Å². The third-order valence-corrected chi connectivity index (χ3v) is 9.61. The molecule has 4 nitrogen and oxygen atoms in total. The summed E-state index contributed by atoms with van der Waals surface area (Å²) in [6, 6.07) is 59.7. The first kappa shape index (κ1) is 27.5. The van der Waals surface area contributed by atoms with Crippen molar-refractivity contribution in [1.82, 2.24) is 19.5 Å². The molecule has 0 aliphatic carbocycles. The lowest BCUT2D eigenvalue weighted by Crippen LogP contribution is -2.00. The lowest BCUT2D eigenvalue weighted by molar-refractivity contribution is 1.07. The summed E-state index contributed by atoms with van der Waals surface area (Å²) in [6.45, 7) is 0. The largest absolute Gasteiger partial charge is 0.309 e. The summed E-state index contributed by atoms with van der Waals surface area (Å²) >= 11 is 0. The van der Waals surface area contributed by atoms with Crippen LogP contribution in [-0.2, 0) is 0 Å². The van der Waals surface area contributed by atoms with E-state index in [4.69, 9.17) is 15.0 Å². The van der Waals surface area contributed by atoms with E-state index in [1.54, 1.807) is 0 Å². The number of rotatable bonds is 4. The molecule has 0 fully saturated rings. The minimum absolute atomic E-state index is 0.643.